The minimum absolute atomic E-state index is 0.140. The van der Waals surface area contributed by atoms with Crippen molar-refractivity contribution in [3.8, 4) is 44.5 Å². The molecule has 11 aromatic rings. The van der Waals surface area contributed by atoms with Gasteiger partial charge in [-0.3, -0.25) is 0 Å². The fraction of sp³-hybridized carbons (Fsp3) is 0.0545. The van der Waals surface area contributed by atoms with Crippen molar-refractivity contribution in [1.29, 1.82) is 0 Å². The number of benzene rings is 10. The molecule has 0 saturated carbocycles. The number of furan rings is 1. The van der Waals surface area contributed by atoms with Crippen molar-refractivity contribution in [2.24, 2.45) is 0 Å². The summed E-state index contributed by atoms with van der Waals surface area (Å²) in [6, 6.07) is 67.1. The van der Waals surface area contributed by atoms with Crippen LogP contribution in [0.25, 0.3) is 110 Å². The molecule has 1 heteroatoms. The Balaban J connectivity index is 1.05. The third-order valence-electron chi connectivity index (χ3n) is 12.6. The van der Waals surface area contributed by atoms with Gasteiger partial charge in [-0.05, 0) is 117 Å². The Labute approximate surface area is 325 Å². The predicted octanol–water partition coefficient (Wildman–Crippen LogP) is 15.5. The highest BCUT2D eigenvalue weighted by molar-refractivity contribution is 6.23. The second-order valence-corrected chi connectivity index (χ2v) is 15.9. The molecule has 0 amide bonds. The quantitative estimate of drug-likeness (QED) is 0.131. The van der Waals surface area contributed by atoms with Gasteiger partial charge in [-0.15, -0.1) is 0 Å². The molecular weight excluding hydrogens is 677 g/mol. The van der Waals surface area contributed by atoms with Crippen LogP contribution in [0, 0.1) is 0 Å². The summed E-state index contributed by atoms with van der Waals surface area (Å²) in [7, 11) is 0. The van der Waals surface area contributed by atoms with Crippen molar-refractivity contribution in [3.63, 3.8) is 0 Å². The fourth-order valence-corrected chi connectivity index (χ4v) is 10.2. The maximum absolute atomic E-state index is 6.22. The number of hydrogen-bond donors (Lipinski definition) is 0. The second kappa shape index (κ2) is 11.5. The first kappa shape index (κ1) is 31.4. The van der Waals surface area contributed by atoms with E-state index in [1.54, 1.807) is 0 Å². The van der Waals surface area contributed by atoms with Gasteiger partial charge < -0.3 is 4.42 Å². The van der Waals surface area contributed by atoms with Gasteiger partial charge in [0.15, 0.2) is 0 Å². The van der Waals surface area contributed by atoms with Crippen LogP contribution >= 0.6 is 0 Å². The third kappa shape index (κ3) is 4.26. The third-order valence-corrected chi connectivity index (χ3v) is 12.6. The van der Waals surface area contributed by atoms with Crippen LogP contribution < -0.4 is 0 Å². The molecule has 0 atom stereocenters. The molecule has 262 valence electrons. The Bertz CT molecular complexity index is 3370. The minimum Gasteiger partial charge on any atom is -0.456 e. The zero-order chi connectivity index (χ0) is 37.1. The van der Waals surface area contributed by atoms with Crippen molar-refractivity contribution in [2.45, 2.75) is 19.3 Å². The van der Waals surface area contributed by atoms with Crippen molar-refractivity contribution >= 4 is 65.0 Å². The van der Waals surface area contributed by atoms with E-state index in [0.29, 0.717) is 0 Å². The van der Waals surface area contributed by atoms with Crippen molar-refractivity contribution in [3.05, 3.63) is 193 Å². The van der Waals surface area contributed by atoms with Crippen molar-refractivity contribution in [2.75, 3.05) is 0 Å². The Morgan fingerprint density at radius 2 is 0.786 bits per heavy atom. The van der Waals surface area contributed by atoms with Crippen LogP contribution in [0.15, 0.2) is 186 Å². The smallest absolute Gasteiger partial charge is 0.135 e. The van der Waals surface area contributed by atoms with Crippen LogP contribution in [0.5, 0.6) is 0 Å². The lowest BCUT2D eigenvalue weighted by Gasteiger charge is -2.24. The molecule has 0 radical (unpaired) electrons. The lowest BCUT2D eigenvalue weighted by atomic mass is 9.79. The first-order valence-corrected chi connectivity index (χ1v) is 19.6. The van der Waals surface area contributed by atoms with Gasteiger partial charge in [-0.1, -0.05) is 178 Å². The predicted molar refractivity (Wildman–Crippen MR) is 238 cm³/mol. The highest BCUT2D eigenvalue weighted by Crippen LogP contribution is 2.57. The zero-order valence-electron chi connectivity index (χ0n) is 31.2. The normalized spacial score (nSPS) is 13.3. The summed E-state index contributed by atoms with van der Waals surface area (Å²) in [5.41, 5.74) is 14.7. The molecule has 0 unspecified atom stereocenters. The van der Waals surface area contributed by atoms with Crippen LogP contribution in [0.4, 0.5) is 0 Å². The summed E-state index contributed by atoms with van der Waals surface area (Å²) in [5.74, 6) is 0. The van der Waals surface area contributed by atoms with E-state index >= 15 is 0 Å². The van der Waals surface area contributed by atoms with E-state index in [-0.39, 0.29) is 5.41 Å². The summed E-state index contributed by atoms with van der Waals surface area (Å²) in [4.78, 5) is 0. The molecule has 0 aliphatic heterocycles. The highest BCUT2D eigenvalue weighted by atomic mass is 16.3. The standard InChI is InChI=1S/C55H36O/c1-55(2)47-24-13-23-36(52(47)53-40-17-5-3-14-37(40)38-15-4-10-22-45(38)54(53)55)33-26-28-34(29-27-33)50-41-18-6-8-20-43(41)51(44-21-9-7-19-42(44)50)35-30-31-49-46(32-35)39-16-11-12-25-48(39)56-49/h3-32H,1-2H3. The molecule has 56 heavy (non-hydrogen) atoms. The largest absolute Gasteiger partial charge is 0.456 e. The number of hydrogen-bond acceptors (Lipinski definition) is 1. The molecule has 0 saturated heterocycles. The van der Waals surface area contributed by atoms with Gasteiger partial charge in [0.1, 0.15) is 11.2 Å². The SMILES string of the molecule is CC1(C)c2cccc(-c3ccc(-c4c5ccccc5c(-c5ccc6oc7ccccc7c6c5)c5ccccc45)cc3)c2-c2c1c1ccccc1c1ccccc21. The molecule has 0 bridgehead atoms. The van der Waals surface area contributed by atoms with E-state index < -0.39 is 0 Å². The molecule has 1 aromatic heterocycles. The van der Waals surface area contributed by atoms with Crippen LogP contribution in [-0.4, -0.2) is 0 Å². The van der Waals surface area contributed by atoms with E-state index in [2.05, 4.69) is 190 Å². The van der Waals surface area contributed by atoms with Crippen LogP contribution in [0.3, 0.4) is 0 Å². The van der Waals surface area contributed by atoms with E-state index in [4.69, 9.17) is 4.42 Å². The molecular formula is C55H36O. The number of rotatable bonds is 3. The lowest BCUT2D eigenvalue weighted by molar-refractivity contribution is 0.666. The molecule has 1 aliphatic rings. The average molecular weight is 713 g/mol. The van der Waals surface area contributed by atoms with Gasteiger partial charge >= 0.3 is 0 Å². The van der Waals surface area contributed by atoms with E-state index in [1.165, 1.54) is 98.7 Å². The van der Waals surface area contributed by atoms with Crippen LogP contribution in [0.2, 0.25) is 0 Å². The Kier molecular flexibility index (Phi) is 6.46. The second-order valence-electron chi connectivity index (χ2n) is 15.9. The lowest BCUT2D eigenvalue weighted by Crippen LogP contribution is -2.15. The van der Waals surface area contributed by atoms with E-state index in [9.17, 15) is 0 Å². The van der Waals surface area contributed by atoms with Crippen molar-refractivity contribution in [1.82, 2.24) is 0 Å². The van der Waals surface area contributed by atoms with Crippen molar-refractivity contribution < 1.29 is 4.42 Å². The van der Waals surface area contributed by atoms with Crippen LogP contribution in [-0.2, 0) is 5.41 Å². The Hall–Kier alpha value is -6.96. The summed E-state index contributed by atoms with van der Waals surface area (Å²) in [6.45, 7) is 4.81. The zero-order valence-corrected chi connectivity index (χ0v) is 31.2. The van der Waals surface area contributed by atoms with E-state index in [0.717, 1.165) is 21.9 Å². The number of fused-ring (bicyclic) bond motifs is 13. The molecule has 10 aromatic carbocycles. The maximum atomic E-state index is 6.22. The highest BCUT2D eigenvalue weighted by Gasteiger charge is 2.39. The van der Waals surface area contributed by atoms with Crippen LogP contribution in [0.1, 0.15) is 25.0 Å². The molecule has 0 spiro atoms. The summed E-state index contributed by atoms with van der Waals surface area (Å²) >= 11 is 0. The van der Waals surface area contributed by atoms with Gasteiger partial charge in [0, 0.05) is 16.2 Å². The first-order chi connectivity index (χ1) is 27.6. The van der Waals surface area contributed by atoms with Gasteiger partial charge in [0.2, 0.25) is 0 Å². The molecule has 1 aliphatic carbocycles. The fourth-order valence-electron chi connectivity index (χ4n) is 10.2. The maximum Gasteiger partial charge on any atom is 0.135 e. The van der Waals surface area contributed by atoms with Gasteiger partial charge in [0.05, 0.1) is 0 Å². The summed E-state index contributed by atoms with van der Waals surface area (Å²) < 4.78 is 6.22. The molecule has 12 rings (SSSR count). The van der Waals surface area contributed by atoms with Gasteiger partial charge in [0.25, 0.3) is 0 Å². The topological polar surface area (TPSA) is 13.1 Å². The molecule has 1 heterocycles. The Morgan fingerprint density at radius 1 is 0.321 bits per heavy atom. The number of para-hydroxylation sites is 1. The summed E-state index contributed by atoms with van der Waals surface area (Å²) in [6.07, 6.45) is 0. The first-order valence-electron chi connectivity index (χ1n) is 19.6. The Morgan fingerprint density at radius 3 is 1.43 bits per heavy atom. The molecule has 0 fully saturated rings. The summed E-state index contributed by atoms with van der Waals surface area (Å²) in [5, 5.41) is 12.6. The minimum atomic E-state index is -0.140. The molecule has 1 nitrogen and oxygen atoms in total. The van der Waals surface area contributed by atoms with E-state index in [1.807, 2.05) is 6.07 Å². The van der Waals surface area contributed by atoms with Gasteiger partial charge in [-0.25, -0.2) is 0 Å². The molecule has 0 N–H and O–H groups in total. The monoisotopic (exact) mass is 712 g/mol. The van der Waals surface area contributed by atoms with Gasteiger partial charge in [-0.2, -0.15) is 0 Å². The average Bonchev–Trinajstić information content (AvgIpc) is 3.74.